The van der Waals surface area contributed by atoms with Crippen molar-refractivity contribution in [2.45, 2.75) is 31.5 Å². The highest BCUT2D eigenvalue weighted by Gasteiger charge is 2.20. The maximum absolute atomic E-state index is 13.9. The minimum absolute atomic E-state index is 0.0862. The smallest absolute Gasteiger partial charge is 0.146 e. The summed E-state index contributed by atoms with van der Waals surface area (Å²) in [6.45, 7) is 4.22. The van der Waals surface area contributed by atoms with E-state index in [1.165, 1.54) is 19.3 Å². The van der Waals surface area contributed by atoms with Gasteiger partial charge in [0.1, 0.15) is 5.82 Å². The lowest BCUT2D eigenvalue weighted by atomic mass is 9.94. The molecule has 0 atom stereocenters. The Balaban J connectivity index is 2.08. The maximum atomic E-state index is 13.9. The van der Waals surface area contributed by atoms with E-state index in [1.807, 2.05) is 12.1 Å². The Morgan fingerprint density at radius 2 is 2.06 bits per heavy atom. The van der Waals surface area contributed by atoms with Crippen LogP contribution >= 0.6 is 15.9 Å². The van der Waals surface area contributed by atoms with Gasteiger partial charge in [-0.05, 0) is 36.5 Å². The Hall–Kier alpha value is -0.570. The van der Waals surface area contributed by atoms with Crippen molar-refractivity contribution < 1.29 is 4.39 Å². The van der Waals surface area contributed by atoms with Crippen LogP contribution in [0.2, 0.25) is 0 Å². The standard InChI is InChI=1S/C14H19BrFN/c1-2-11-5-7-17(8-6-11)14-4-3-12(10-15)9-13(14)16/h3-4,9,11H,2,5-8,10H2,1H3. The van der Waals surface area contributed by atoms with Crippen molar-refractivity contribution >= 4 is 21.6 Å². The number of hydrogen-bond acceptors (Lipinski definition) is 1. The largest absolute Gasteiger partial charge is 0.369 e. The molecule has 3 heteroatoms. The van der Waals surface area contributed by atoms with Crippen LogP contribution in [0.15, 0.2) is 18.2 Å². The van der Waals surface area contributed by atoms with Gasteiger partial charge in [0.15, 0.2) is 0 Å². The van der Waals surface area contributed by atoms with E-state index in [4.69, 9.17) is 0 Å². The highest BCUT2D eigenvalue weighted by atomic mass is 79.9. The number of nitrogens with zero attached hydrogens (tertiary/aromatic N) is 1. The number of anilines is 1. The Labute approximate surface area is 111 Å². The minimum Gasteiger partial charge on any atom is -0.369 e. The molecule has 1 heterocycles. The molecule has 1 aliphatic rings. The second kappa shape index (κ2) is 5.85. The molecule has 1 aromatic carbocycles. The van der Waals surface area contributed by atoms with Crippen LogP contribution in [-0.2, 0) is 5.33 Å². The van der Waals surface area contributed by atoms with Gasteiger partial charge in [-0.1, -0.05) is 35.3 Å². The molecule has 2 rings (SSSR count). The molecule has 0 spiro atoms. The maximum Gasteiger partial charge on any atom is 0.146 e. The molecule has 1 nitrogen and oxygen atoms in total. The Bertz CT molecular complexity index is 372. The van der Waals surface area contributed by atoms with E-state index >= 15 is 0 Å². The first kappa shape index (κ1) is 12.9. The lowest BCUT2D eigenvalue weighted by molar-refractivity contribution is 0.392. The monoisotopic (exact) mass is 299 g/mol. The fourth-order valence-corrected chi connectivity index (χ4v) is 2.82. The molecule has 0 bridgehead atoms. The van der Waals surface area contributed by atoms with Gasteiger partial charge in [-0.15, -0.1) is 0 Å². The highest BCUT2D eigenvalue weighted by molar-refractivity contribution is 9.08. The van der Waals surface area contributed by atoms with E-state index in [9.17, 15) is 4.39 Å². The summed E-state index contributed by atoms with van der Waals surface area (Å²) in [4.78, 5) is 2.18. The van der Waals surface area contributed by atoms with Gasteiger partial charge < -0.3 is 4.90 Å². The van der Waals surface area contributed by atoms with Crippen molar-refractivity contribution in [2.24, 2.45) is 5.92 Å². The fraction of sp³-hybridized carbons (Fsp3) is 0.571. The number of halogens is 2. The van der Waals surface area contributed by atoms with Gasteiger partial charge in [0, 0.05) is 18.4 Å². The Kier molecular flexibility index (Phi) is 4.43. The summed E-state index contributed by atoms with van der Waals surface area (Å²) >= 11 is 3.35. The van der Waals surface area contributed by atoms with Gasteiger partial charge in [-0.25, -0.2) is 4.39 Å². The average Bonchev–Trinajstić information content (AvgIpc) is 2.39. The average molecular weight is 300 g/mol. The molecule has 94 valence electrons. The molecule has 0 saturated carbocycles. The number of hydrogen-bond donors (Lipinski definition) is 0. The minimum atomic E-state index is -0.0862. The summed E-state index contributed by atoms with van der Waals surface area (Å²) in [6, 6.07) is 5.55. The first-order chi connectivity index (χ1) is 8.24. The molecule has 1 saturated heterocycles. The molecule has 0 aromatic heterocycles. The summed E-state index contributed by atoms with van der Waals surface area (Å²) in [6.07, 6.45) is 3.63. The van der Waals surface area contributed by atoms with Crippen LogP contribution in [0.1, 0.15) is 31.7 Å². The topological polar surface area (TPSA) is 3.24 Å². The summed E-state index contributed by atoms with van der Waals surface area (Å²) in [5, 5.41) is 0.710. The SMILES string of the molecule is CCC1CCN(c2ccc(CBr)cc2F)CC1. The third-order valence-corrected chi connectivity index (χ3v) is 4.35. The fourth-order valence-electron chi connectivity index (χ4n) is 2.47. The molecule has 1 aromatic rings. The van der Waals surface area contributed by atoms with E-state index in [0.717, 1.165) is 30.3 Å². The number of alkyl halides is 1. The van der Waals surface area contributed by atoms with E-state index in [0.29, 0.717) is 5.33 Å². The molecule has 0 aliphatic carbocycles. The summed E-state index contributed by atoms with van der Waals surface area (Å²) in [5.74, 6) is 0.744. The molecule has 0 N–H and O–H groups in total. The van der Waals surface area contributed by atoms with Gasteiger partial charge in [-0.3, -0.25) is 0 Å². The van der Waals surface area contributed by atoms with Crippen LogP contribution < -0.4 is 4.90 Å². The zero-order chi connectivity index (χ0) is 12.3. The van der Waals surface area contributed by atoms with E-state index < -0.39 is 0 Å². The second-order valence-electron chi connectivity index (χ2n) is 4.76. The van der Waals surface area contributed by atoms with Gasteiger partial charge in [0.25, 0.3) is 0 Å². The molecule has 17 heavy (non-hydrogen) atoms. The third kappa shape index (κ3) is 3.01. The van der Waals surface area contributed by atoms with Crippen LogP contribution in [-0.4, -0.2) is 13.1 Å². The zero-order valence-electron chi connectivity index (χ0n) is 10.3. The normalized spacial score (nSPS) is 17.5. The van der Waals surface area contributed by atoms with Crippen molar-refractivity contribution in [1.82, 2.24) is 0 Å². The molecule has 0 amide bonds. The zero-order valence-corrected chi connectivity index (χ0v) is 11.8. The Morgan fingerprint density at radius 1 is 1.35 bits per heavy atom. The first-order valence-electron chi connectivity index (χ1n) is 6.34. The van der Waals surface area contributed by atoms with E-state index in [1.54, 1.807) is 6.07 Å². The summed E-state index contributed by atoms with van der Waals surface area (Å²) < 4.78 is 13.9. The lowest BCUT2D eigenvalue weighted by Gasteiger charge is -2.33. The predicted molar refractivity (Wildman–Crippen MR) is 74.3 cm³/mol. The third-order valence-electron chi connectivity index (χ3n) is 3.70. The summed E-state index contributed by atoms with van der Waals surface area (Å²) in [5.41, 5.74) is 1.76. The molecular weight excluding hydrogens is 281 g/mol. The first-order valence-corrected chi connectivity index (χ1v) is 7.46. The highest BCUT2D eigenvalue weighted by Crippen LogP contribution is 2.27. The van der Waals surface area contributed by atoms with Crippen molar-refractivity contribution in [2.75, 3.05) is 18.0 Å². The van der Waals surface area contributed by atoms with Crippen molar-refractivity contribution in [1.29, 1.82) is 0 Å². The van der Waals surface area contributed by atoms with E-state index in [2.05, 4.69) is 27.8 Å². The molecular formula is C14H19BrFN. The van der Waals surface area contributed by atoms with Gasteiger partial charge >= 0.3 is 0 Å². The van der Waals surface area contributed by atoms with Crippen LogP contribution in [0, 0.1) is 11.7 Å². The number of benzene rings is 1. The molecule has 0 unspecified atom stereocenters. The number of piperidine rings is 1. The van der Waals surface area contributed by atoms with Gasteiger partial charge in [0.05, 0.1) is 5.69 Å². The van der Waals surface area contributed by atoms with Crippen LogP contribution in [0.3, 0.4) is 0 Å². The van der Waals surface area contributed by atoms with Crippen molar-refractivity contribution in [3.63, 3.8) is 0 Å². The van der Waals surface area contributed by atoms with Gasteiger partial charge in [0.2, 0.25) is 0 Å². The van der Waals surface area contributed by atoms with Crippen molar-refractivity contribution in [3.8, 4) is 0 Å². The quantitative estimate of drug-likeness (QED) is 0.750. The Morgan fingerprint density at radius 3 is 2.59 bits per heavy atom. The van der Waals surface area contributed by atoms with Gasteiger partial charge in [-0.2, -0.15) is 0 Å². The summed E-state index contributed by atoms with van der Waals surface area (Å²) in [7, 11) is 0. The van der Waals surface area contributed by atoms with E-state index in [-0.39, 0.29) is 5.82 Å². The van der Waals surface area contributed by atoms with Crippen LogP contribution in [0.4, 0.5) is 10.1 Å². The van der Waals surface area contributed by atoms with Crippen molar-refractivity contribution in [3.05, 3.63) is 29.6 Å². The molecule has 0 radical (unpaired) electrons. The van der Waals surface area contributed by atoms with Crippen LogP contribution in [0.25, 0.3) is 0 Å². The predicted octanol–water partition coefficient (Wildman–Crippen LogP) is 4.35. The second-order valence-corrected chi connectivity index (χ2v) is 5.32. The molecule has 1 aliphatic heterocycles. The number of rotatable bonds is 3. The van der Waals surface area contributed by atoms with Crippen LogP contribution in [0.5, 0.6) is 0 Å². The lowest BCUT2D eigenvalue weighted by Crippen LogP contribution is -2.34. The molecule has 1 fully saturated rings.